The second kappa shape index (κ2) is 8.00. The summed E-state index contributed by atoms with van der Waals surface area (Å²) in [7, 11) is 0. The molecule has 4 rings (SSSR count). The minimum atomic E-state index is -4.58. The fourth-order valence-corrected chi connectivity index (χ4v) is 3.72. The number of hydrogen-bond donors (Lipinski definition) is 0. The average molecular weight is 417 g/mol. The highest BCUT2D eigenvalue weighted by atomic mass is 19.4. The molecule has 0 N–H and O–H groups in total. The summed E-state index contributed by atoms with van der Waals surface area (Å²) in [5.74, 6) is 1.37. The maximum atomic E-state index is 13.6. The molecule has 1 aliphatic rings. The van der Waals surface area contributed by atoms with Crippen molar-refractivity contribution in [2.24, 2.45) is 5.92 Å². The number of pyridine rings is 1. The lowest BCUT2D eigenvalue weighted by molar-refractivity contribution is -0.141. The zero-order valence-electron chi connectivity index (χ0n) is 16.7. The van der Waals surface area contributed by atoms with Crippen LogP contribution in [0, 0.1) is 5.92 Å². The van der Waals surface area contributed by atoms with Crippen LogP contribution in [-0.2, 0) is 12.7 Å². The van der Waals surface area contributed by atoms with E-state index in [1.807, 2.05) is 9.47 Å². The lowest BCUT2D eigenvalue weighted by Crippen LogP contribution is -2.27. The molecule has 0 aromatic carbocycles. The summed E-state index contributed by atoms with van der Waals surface area (Å²) in [6, 6.07) is 4.11. The van der Waals surface area contributed by atoms with Gasteiger partial charge >= 0.3 is 6.18 Å². The second-order valence-corrected chi connectivity index (χ2v) is 7.76. The first kappa shape index (κ1) is 20.2. The number of anilines is 1. The highest BCUT2D eigenvalue weighted by Gasteiger charge is 2.37. The Labute approximate surface area is 172 Å². The molecule has 1 saturated heterocycles. The predicted octanol–water partition coefficient (Wildman–Crippen LogP) is 4.15. The summed E-state index contributed by atoms with van der Waals surface area (Å²) in [5.41, 5.74) is -0.538. The number of rotatable bonds is 5. The van der Waals surface area contributed by atoms with Crippen molar-refractivity contribution in [2.75, 3.05) is 11.4 Å². The Balaban J connectivity index is 1.76. The smallest absolute Gasteiger partial charge is 0.346 e. The highest BCUT2D eigenvalue weighted by Crippen LogP contribution is 2.38. The third kappa shape index (κ3) is 4.12. The summed E-state index contributed by atoms with van der Waals surface area (Å²) >= 11 is 0. The third-order valence-corrected chi connectivity index (χ3v) is 4.98. The Morgan fingerprint density at radius 1 is 1.23 bits per heavy atom. The Bertz CT molecular complexity index is 1000. The average Bonchev–Trinajstić information content (AvgIpc) is 3.36. The van der Waals surface area contributed by atoms with Gasteiger partial charge < -0.3 is 9.47 Å². The minimum absolute atomic E-state index is 0.00206. The van der Waals surface area contributed by atoms with E-state index in [9.17, 15) is 13.2 Å². The van der Waals surface area contributed by atoms with Gasteiger partial charge in [0.05, 0.1) is 6.04 Å². The van der Waals surface area contributed by atoms with E-state index in [1.54, 1.807) is 24.7 Å². The molecule has 0 saturated carbocycles. The van der Waals surface area contributed by atoms with Gasteiger partial charge in [0.15, 0.2) is 17.3 Å². The van der Waals surface area contributed by atoms with Crippen LogP contribution in [0.3, 0.4) is 0 Å². The quantitative estimate of drug-likeness (QED) is 0.621. The van der Waals surface area contributed by atoms with E-state index < -0.39 is 11.9 Å². The normalized spacial score (nSPS) is 17.1. The van der Waals surface area contributed by atoms with Gasteiger partial charge in [-0.2, -0.15) is 13.2 Å². The van der Waals surface area contributed by atoms with E-state index >= 15 is 0 Å². The van der Waals surface area contributed by atoms with E-state index in [2.05, 4.69) is 39.0 Å². The van der Waals surface area contributed by atoms with Crippen LogP contribution in [0.1, 0.15) is 44.2 Å². The molecule has 1 fully saturated rings. The summed E-state index contributed by atoms with van der Waals surface area (Å²) < 4.78 is 42.7. The molecule has 7 nitrogen and oxygen atoms in total. The number of hydrogen-bond acceptors (Lipinski definition) is 6. The van der Waals surface area contributed by atoms with Crippen LogP contribution in [0.4, 0.5) is 19.0 Å². The summed E-state index contributed by atoms with van der Waals surface area (Å²) in [6.45, 7) is 5.51. The maximum Gasteiger partial charge on any atom is 0.433 e. The van der Waals surface area contributed by atoms with Crippen molar-refractivity contribution in [1.82, 2.24) is 29.7 Å². The van der Waals surface area contributed by atoms with Crippen LogP contribution in [0.5, 0.6) is 0 Å². The number of alkyl halides is 3. The first-order chi connectivity index (χ1) is 14.3. The molecule has 1 atom stereocenters. The van der Waals surface area contributed by atoms with Gasteiger partial charge in [-0.3, -0.25) is 4.98 Å². The SMILES string of the molecule is CC(C)Cn1cnnc1C1CCCN1c1cc(C(F)(F)F)nc(-c2cccnc2)n1. The summed E-state index contributed by atoms with van der Waals surface area (Å²) in [5, 5.41) is 8.31. The molecule has 158 valence electrons. The number of aromatic nitrogens is 6. The lowest BCUT2D eigenvalue weighted by atomic mass is 10.1. The zero-order valence-corrected chi connectivity index (χ0v) is 16.7. The van der Waals surface area contributed by atoms with Gasteiger partial charge in [-0.05, 0) is 30.9 Å². The molecular formula is C20H22F3N7. The highest BCUT2D eigenvalue weighted by molar-refractivity contribution is 5.57. The maximum absolute atomic E-state index is 13.6. The monoisotopic (exact) mass is 417 g/mol. The van der Waals surface area contributed by atoms with Gasteiger partial charge in [-0.1, -0.05) is 13.8 Å². The molecule has 1 aliphatic heterocycles. The lowest BCUT2D eigenvalue weighted by Gasteiger charge is -2.26. The van der Waals surface area contributed by atoms with Crippen LogP contribution in [-0.4, -0.2) is 36.3 Å². The molecule has 3 aromatic heterocycles. The van der Waals surface area contributed by atoms with Gasteiger partial charge in [0.25, 0.3) is 0 Å². The molecule has 10 heteroatoms. The number of halogens is 3. The van der Waals surface area contributed by atoms with Gasteiger partial charge in [0.1, 0.15) is 12.1 Å². The van der Waals surface area contributed by atoms with Crippen molar-refractivity contribution in [3.8, 4) is 11.4 Å². The van der Waals surface area contributed by atoms with E-state index in [0.29, 0.717) is 18.0 Å². The first-order valence-corrected chi connectivity index (χ1v) is 9.84. The fourth-order valence-electron chi connectivity index (χ4n) is 3.72. The van der Waals surface area contributed by atoms with Gasteiger partial charge in [0, 0.05) is 37.1 Å². The summed E-state index contributed by atoms with van der Waals surface area (Å²) in [4.78, 5) is 14.1. The number of nitrogens with zero attached hydrogens (tertiary/aromatic N) is 7. The van der Waals surface area contributed by atoms with Gasteiger partial charge in [-0.15, -0.1) is 10.2 Å². The second-order valence-electron chi connectivity index (χ2n) is 7.76. The molecule has 0 spiro atoms. The standard InChI is InChI=1S/C20H22F3N7/c1-13(2)11-29-12-25-28-19(29)15-6-4-8-30(15)17-9-16(20(21,22)23)26-18(27-17)14-5-3-7-24-10-14/h3,5,7,9-10,12-13,15H,4,6,8,11H2,1-2H3. The van der Waals surface area contributed by atoms with Crippen molar-refractivity contribution >= 4 is 5.82 Å². The molecule has 30 heavy (non-hydrogen) atoms. The Morgan fingerprint density at radius 3 is 2.77 bits per heavy atom. The van der Waals surface area contributed by atoms with Crippen molar-refractivity contribution in [3.63, 3.8) is 0 Å². The molecule has 0 aliphatic carbocycles. The zero-order chi connectivity index (χ0) is 21.3. The Morgan fingerprint density at radius 2 is 2.07 bits per heavy atom. The molecule has 0 bridgehead atoms. The van der Waals surface area contributed by atoms with Gasteiger partial charge in [0.2, 0.25) is 0 Å². The molecule has 0 radical (unpaired) electrons. The Hall–Kier alpha value is -3.04. The molecule has 4 heterocycles. The van der Waals surface area contributed by atoms with Crippen LogP contribution in [0.2, 0.25) is 0 Å². The van der Waals surface area contributed by atoms with E-state index in [0.717, 1.165) is 31.3 Å². The largest absolute Gasteiger partial charge is 0.433 e. The van der Waals surface area contributed by atoms with Crippen LogP contribution >= 0.6 is 0 Å². The molecular weight excluding hydrogens is 395 g/mol. The third-order valence-electron chi connectivity index (χ3n) is 4.98. The fraction of sp³-hybridized carbons (Fsp3) is 0.450. The Kier molecular flexibility index (Phi) is 5.40. The van der Waals surface area contributed by atoms with Crippen molar-refractivity contribution in [2.45, 2.75) is 45.5 Å². The van der Waals surface area contributed by atoms with Crippen LogP contribution in [0.15, 0.2) is 36.9 Å². The molecule has 3 aromatic rings. The molecule has 0 amide bonds. The minimum Gasteiger partial charge on any atom is -0.346 e. The predicted molar refractivity (Wildman–Crippen MR) is 104 cm³/mol. The summed E-state index contributed by atoms with van der Waals surface area (Å²) in [6.07, 6.45) is 1.70. The van der Waals surface area contributed by atoms with E-state index in [-0.39, 0.29) is 17.7 Å². The van der Waals surface area contributed by atoms with Crippen LogP contribution < -0.4 is 4.90 Å². The van der Waals surface area contributed by atoms with Crippen molar-refractivity contribution in [1.29, 1.82) is 0 Å². The molecule has 1 unspecified atom stereocenters. The van der Waals surface area contributed by atoms with E-state index in [4.69, 9.17) is 0 Å². The van der Waals surface area contributed by atoms with Gasteiger partial charge in [-0.25, -0.2) is 9.97 Å². The first-order valence-electron chi connectivity index (χ1n) is 9.84. The van der Waals surface area contributed by atoms with Crippen LogP contribution in [0.25, 0.3) is 11.4 Å². The van der Waals surface area contributed by atoms with Crippen molar-refractivity contribution in [3.05, 3.63) is 48.4 Å². The van der Waals surface area contributed by atoms with E-state index in [1.165, 1.54) is 6.20 Å². The topological polar surface area (TPSA) is 72.6 Å². The van der Waals surface area contributed by atoms with Crippen molar-refractivity contribution < 1.29 is 13.2 Å².